The molecule has 0 unspecified atom stereocenters. The van der Waals surface area contributed by atoms with Crippen LogP contribution in [-0.2, 0) is 21.5 Å². The van der Waals surface area contributed by atoms with Crippen LogP contribution < -0.4 is 0 Å². The lowest BCUT2D eigenvalue weighted by atomic mass is 9.57. The highest BCUT2D eigenvalue weighted by molar-refractivity contribution is 6.06. The summed E-state index contributed by atoms with van der Waals surface area (Å²) in [6, 6.07) is 21.6. The van der Waals surface area contributed by atoms with Crippen LogP contribution in [0.5, 0.6) is 0 Å². The number of hydrogen-bond acceptors (Lipinski definition) is 3. The van der Waals surface area contributed by atoms with E-state index in [0.717, 1.165) is 17.5 Å². The second-order valence-electron chi connectivity index (χ2n) is 7.67. The molecule has 1 aliphatic carbocycles. The van der Waals surface area contributed by atoms with Gasteiger partial charge in [-0.15, -0.1) is 0 Å². The Kier molecular flexibility index (Phi) is 4.60. The molecule has 4 heteroatoms. The van der Waals surface area contributed by atoms with Gasteiger partial charge in [0.15, 0.2) is 5.78 Å². The molecular formula is C24H22N2O2. The number of likely N-dealkylation sites (tertiary alicyclic amines) is 1. The van der Waals surface area contributed by atoms with Crippen molar-refractivity contribution in [2.45, 2.75) is 25.3 Å². The maximum Gasteiger partial charge on any atom is 0.237 e. The Morgan fingerprint density at radius 3 is 2.36 bits per heavy atom. The summed E-state index contributed by atoms with van der Waals surface area (Å²) in [5.41, 5.74) is 1.06. The molecular weight excluding hydrogens is 348 g/mol. The van der Waals surface area contributed by atoms with Gasteiger partial charge in [-0.3, -0.25) is 9.59 Å². The number of hydrogen-bond donors (Lipinski definition) is 0. The topological polar surface area (TPSA) is 61.2 Å². The number of amides is 1. The highest BCUT2D eigenvalue weighted by Crippen LogP contribution is 2.49. The van der Waals surface area contributed by atoms with E-state index < -0.39 is 5.41 Å². The molecule has 0 aromatic heterocycles. The Labute approximate surface area is 165 Å². The highest BCUT2D eigenvalue weighted by Gasteiger charge is 2.56. The van der Waals surface area contributed by atoms with Gasteiger partial charge in [0.05, 0.1) is 11.0 Å². The molecule has 140 valence electrons. The quantitative estimate of drug-likeness (QED) is 0.829. The molecule has 0 spiro atoms. The van der Waals surface area contributed by atoms with Crippen molar-refractivity contribution in [3.63, 3.8) is 0 Å². The molecule has 4 rings (SSSR count). The van der Waals surface area contributed by atoms with Gasteiger partial charge in [0.2, 0.25) is 5.91 Å². The second kappa shape index (κ2) is 7.09. The van der Waals surface area contributed by atoms with E-state index in [9.17, 15) is 14.9 Å². The molecule has 2 aromatic rings. The van der Waals surface area contributed by atoms with Crippen LogP contribution in [0.15, 0.2) is 72.3 Å². The van der Waals surface area contributed by atoms with Gasteiger partial charge in [-0.05, 0) is 29.5 Å². The molecule has 4 nitrogen and oxygen atoms in total. The fourth-order valence-electron chi connectivity index (χ4n) is 4.76. The molecule has 28 heavy (non-hydrogen) atoms. The van der Waals surface area contributed by atoms with Crippen LogP contribution in [0.3, 0.4) is 0 Å². The third-order valence-electron chi connectivity index (χ3n) is 6.18. The first-order valence-corrected chi connectivity index (χ1v) is 9.64. The van der Waals surface area contributed by atoms with Gasteiger partial charge in [0, 0.05) is 19.0 Å². The number of carbonyl (C=O) groups is 2. The van der Waals surface area contributed by atoms with E-state index in [0.29, 0.717) is 13.1 Å². The first-order chi connectivity index (χ1) is 13.6. The smallest absolute Gasteiger partial charge is 0.237 e. The summed E-state index contributed by atoms with van der Waals surface area (Å²) in [6.07, 6.45) is 2.38. The van der Waals surface area contributed by atoms with Crippen LogP contribution in [0.4, 0.5) is 0 Å². The van der Waals surface area contributed by atoms with Crippen molar-refractivity contribution in [1.82, 2.24) is 4.90 Å². The van der Waals surface area contributed by atoms with Crippen molar-refractivity contribution in [3.05, 3.63) is 83.4 Å². The zero-order valence-electron chi connectivity index (χ0n) is 15.8. The van der Waals surface area contributed by atoms with Gasteiger partial charge in [0.25, 0.3) is 0 Å². The number of benzene rings is 2. The minimum atomic E-state index is -0.966. The van der Waals surface area contributed by atoms with Crippen molar-refractivity contribution in [3.8, 4) is 6.07 Å². The Bertz CT molecular complexity index is 975. The first-order valence-electron chi connectivity index (χ1n) is 9.64. The van der Waals surface area contributed by atoms with Crippen molar-refractivity contribution < 1.29 is 9.59 Å². The number of allylic oxidation sites excluding steroid dienone is 1. The Balaban J connectivity index is 1.84. The number of fused-ring (bicyclic) bond motifs is 1. The predicted octanol–water partition coefficient (Wildman–Crippen LogP) is 3.64. The van der Waals surface area contributed by atoms with E-state index in [1.54, 1.807) is 6.08 Å². The van der Waals surface area contributed by atoms with Crippen LogP contribution in [0.25, 0.3) is 0 Å². The number of rotatable bonds is 3. The summed E-state index contributed by atoms with van der Waals surface area (Å²) in [5.74, 6) is -0.670. The average molecular weight is 370 g/mol. The summed E-state index contributed by atoms with van der Waals surface area (Å²) in [6.45, 7) is 2.99. The molecule has 0 N–H and O–H groups in total. The Morgan fingerprint density at radius 1 is 1.07 bits per heavy atom. The molecule has 0 bridgehead atoms. The fourth-order valence-corrected chi connectivity index (χ4v) is 4.76. The highest BCUT2D eigenvalue weighted by atomic mass is 16.2. The van der Waals surface area contributed by atoms with Crippen LogP contribution in [0.2, 0.25) is 0 Å². The third kappa shape index (κ3) is 2.75. The maximum atomic E-state index is 13.9. The molecule has 1 heterocycles. The van der Waals surface area contributed by atoms with Gasteiger partial charge >= 0.3 is 0 Å². The molecule has 0 saturated carbocycles. The first kappa shape index (κ1) is 18.2. The van der Waals surface area contributed by atoms with Gasteiger partial charge in [0.1, 0.15) is 6.07 Å². The number of nitriles is 1. The zero-order chi connectivity index (χ0) is 19.7. The van der Waals surface area contributed by atoms with Gasteiger partial charge in [-0.2, -0.15) is 5.26 Å². The lowest BCUT2D eigenvalue weighted by molar-refractivity contribution is -0.145. The monoisotopic (exact) mass is 370 g/mol. The van der Waals surface area contributed by atoms with Crippen LogP contribution in [0, 0.1) is 23.2 Å². The number of nitrogens with zero attached hydrogens (tertiary/aromatic N) is 2. The van der Waals surface area contributed by atoms with Crippen molar-refractivity contribution in [2.24, 2.45) is 11.8 Å². The van der Waals surface area contributed by atoms with E-state index in [-0.39, 0.29) is 29.1 Å². The molecule has 0 radical (unpaired) electrons. The van der Waals surface area contributed by atoms with E-state index >= 15 is 0 Å². The van der Waals surface area contributed by atoms with Crippen LogP contribution >= 0.6 is 0 Å². The largest absolute Gasteiger partial charge is 0.337 e. The average Bonchev–Trinajstić information content (AvgIpc) is 2.74. The lowest BCUT2D eigenvalue weighted by Crippen LogP contribution is -2.59. The van der Waals surface area contributed by atoms with E-state index in [1.807, 2.05) is 78.6 Å². The number of Topliss-reactive ketones (excluding diaryl/α,β-unsaturated/α-hetero) is 1. The minimum absolute atomic E-state index is 0.0223. The molecule has 3 atom stereocenters. The minimum Gasteiger partial charge on any atom is -0.337 e. The van der Waals surface area contributed by atoms with E-state index in [4.69, 9.17) is 0 Å². The Hall–Kier alpha value is -3.19. The van der Waals surface area contributed by atoms with E-state index in [2.05, 4.69) is 0 Å². The third-order valence-corrected chi connectivity index (χ3v) is 6.18. The second-order valence-corrected chi connectivity index (χ2v) is 7.67. The lowest BCUT2D eigenvalue weighted by Gasteiger charge is -2.50. The molecule has 1 saturated heterocycles. The normalized spacial score (nSPS) is 27.0. The molecule has 2 aliphatic rings. The van der Waals surface area contributed by atoms with Crippen molar-refractivity contribution in [1.29, 1.82) is 5.26 Å². The standard InChI is InChI=1S/C24H22N2O2/c1-17-21-12-13-26(16-18-8-4-2-5-9-18)23(28)24(21,14-19(15-25)22(17)27)20-10-6-3-7-11-20/h2-11,14,17,21H,12-13,16H2,1H3/t17-,21-,24+/m0/s1. The summed E-state index contributed by atoms with van der Waals surface area (Å²) in [5, 5.41) is 9.55. The van der Waals surface area contributed by atoms with E-state index in [1.165, 1.54) is 0 Å². The van der Waals surface area contributed by atoms with Gasteiger partial charge in [-0.25, -0.2) is 0 Å². The molecule has 2 aromatic carbocycles. The van der Waals surface area contributed by atoms with Crippen LogP contribution in [0.1, 0.15) is 24.5 Å². The van der Waals surface area contributed by atoms with Crippen LogP contribution in [-0.4, -0.2) is 23.1 Å². The Morgan fingerprint density at radius 2 is 1.71 bits per heavy atom. The summed E-state index contributed by atoms with van der Waals surface area (Å²) >= 11 is 0. The SMILES string of the molecule is C[C@@H]1C(=O)C(C#N)=C[C@]2(c3ccccc3)C(=O)N(Cc3ccccc3)CC[C@@H]12. The summed E-state index contributed by atoms with van der Waals surface area (Å²) < 4.78 is 0. The van der Waals surface area contributed by atoms with Crippen molar-refractivity contribution >= 4 is 11.7 Å². The maximum absolute atomic E-state index is 13.9. The van der Waals surface area contributed by atoms with Gasteiger partial charge in [-0.1, -0.05) is 67.6 Å². The number of piperidine rings is 1. The summed E-state index contributed by atoms with van der Waals surface area (Å²) in [7, 11) is 0. The molecule has 1 amide bonds. The predicted molar refractivity (Wildman–Crippen MR) is 106 cm³/mol. The van der Waals surface area contributed by atoms with Gasteiger partial charge < -0.3 is 4.90 Å². The fraction of sp³-hybridized carbons (Fsp3) is 0.292. The number of carbonyl (C=O) groups excluding carboxylic acids is 2. The summed E-state index contributed by atoms with van der Waals surface area (Å²) in [4.78, 5) is 28.4. The number of ketones is 1. The molecule has 1 fully saturated rings. The van der Waals surface area contributed by atoms with Crippen molar-refractivity contribution in [2.75, 3.05) is 6.54 Å². The molecule has 1 aliphatic heterocycles. The zero-order valence-corrected chi connectivity index (χ0v) is 15.8.